The Morgan fingerprint density at radius 1 is 1.10 bits per heavy atom. The minimum absolute atomic E-state index is 0.0878. The lowest BCUT2D eigenvalue weighted by molar-refractivity contribution is 0.0951. The summed E-state index contributed by atoms with van der Waals surface area (Å²) < 4.78 is 29.1. The van der Waals surface area contributed by atoms with Crippen molar-refractivity contribution in [2.24, 2.45) is 0 Å². The quantitative estimate of drug-likeness (QED) is 0.710. The number of hydrogen-bond acceptors (Lipinski definition) is 6. The molecule has 3 rings (SSSR count). The largest absolute Gasteiger partial charge is 0.384 e. The Labute approximate surface area is 172 Å². The maximum Gasteiger partial charge on any atom is 0.251 e. The van der Waals surface area contributed by atoms with E-state index in [0.717, 1.165) is 24.5 Å². The molecule has 0 bridgehead atoms. The molecule has 0 saturated carbocycles. The summed E-state index contributed by atoms with van der Waals surface area (Å²) in [6, 6.07) is 9.92. The molecule has 1 N–H and O–H groups in total. The standard InChI is InChI=1S/C21H27N3O4S/c1-28-13-14-29(26,27)19-8-6-18(7-9-19)21(25)23-16-17-5-10-20(22-15-17)24-11-3-2-4-12-24/h5-10,15H,2-4,11-14,16H2,1H3,(H,23,25). The van der Waals surface area contributed by atoms with E-state index in [1.165, 1.54) is 50.6 Å². The van der Waals surface area contributed by atoms with Gasteiger partial charge in [0.25, 0.3) is 5.91 Å². The Hall–Kier alpha value is -2.45. The third-order valence-corrected chi connectivity index (χ3v) is 6.67. The van der Waals surface area contributed by atoms with Gasteiger partial charge in [-0.1, -0.05) is 6.07 Å². The Morgan fingerprint density at radius 2 is 1.83 bits per heavy atom. The van der Waals surface area contributed by atoms with E-state index >= 15 is 0 Å². The van der Waals surface area contributed by atoms with Gasteiger partial charge in [-0.3, -0.25) is 4.79 Å². The van der Waals surface area contributed by atoms with Crippen LogP contribution in [0.4, 0.5) is 5.82 Å². The second-order valence-corrected chi connectivity index (χ2v) is 9.20. The first-order chi connectivity index (χ1) is 14.0. The number of anilines is 1. The molecule has 0 spiro atoms. The third-order valence-electron chi connectivity index (χ3n) is 4.97. The number of carbonyl (C=O) groups excluding carboxylic acids is 1. The first-order valence-corrected chi connectivity index (χ1v) is 11.4. The van der Waals surface area contributed by atoms with E-state index in [4.69, 9.17) is 4.74 Å². The van der Waals surface area contributed by atoms with Crippen LogP contribution in [0.3, 0.4) is 0 Å². The number of aromatic nitrogens is 1. The SMILES string of the molecule is COCCS(=O)(=O)c1ccc(C(=O)NCc2ccc(N3CCCCC3)nc2)cc1. The zero-order valence-corrected chi connectivity index (χ0v) is 17.5. The first-order valence-electron chi connectivity index (χ1n) is 9.79. The fourth-order valence-corrected chi connectivity index (χ4v) is 4.41. The Bertz CT molecular complexity index is 906. The number of pyridine rings is 1. The van der Waals surface area contributed by atoms with Crippen LogP contribution in [-0.2, 0) is 21.1 Å². The van der Waals surface area contributed by atoms with Gasteiger partial charge in [0.05, 0.1) is 17.3 Å². The number of rotatable bonds is 8. The van der Waals surface area contributed by atoms with Gasteiger partial charge in [0.1, 0.15) is 5.82 Å². The summed E-state index contributed by atoms with van der Waals surface area (Å²) in [5.74, 6) is 0.631. The highest BCUT2D eigenvalue weighted by Crippen LogP contribution is 2.17. The minimum atomic E-state index is -3.40. The number of nitrogens with zero attached hydrogens (tertiary/aromatic N) is 2. The summed E-state index contributed by atoms with van der Waals surface area (Å²) in [5, 5.41) is 2.84. The number of ether oxygens (including phenoxy) is 1. The normalized spacial score (nSPS) is 14.6. The van der Waals surface area contributed by atoms with Crippen molar-refractivity contribution in [2.45, 2.75) is 30.7 Å². The molecule has 1 fully saturated rings. The topological polar surface area (TPSA) is 88.6 Å². The van der Waals surface area contributed by atoms with Crippen LogP contribution in [0.5, 0.6) is 0 Å². The minimum Gasteiger partial charge on any atom is -0.384 e. The van der Waals surface area contributed by atoms with Crippen LogP contribution in [0.25, 0.3) is 0 Å². The van der Waals surface area contributed by atoms with Crippen LogP contribution in [-0.4, -0.2) is 51.9 Å². The molecular weight excluding hydrogens is 390 g/mol. The fourth-order valence-electron chi connectivity index (χ4n) is 3.24. The summed E-state index contributed by atoms with van der Waals surface area (Å²) in [6.07, 6.45) is 5.47. The summed E-state index contributed by atoms with van der Waals surface area (Å²) >= 11 is 0. The molecule has 0 aliphatic carbocycles. The van der Waals surface area contributed by atoms with Crippen LogP contribution < -0.4 is 10.2 Å². The fraction of sp³-hybridized carbons (Fsp3) is 0.429. The summed E-state index contributed by atoms with van der Waals surface area (Å²) in [7, 11) is -1.94. The van der Waals surface area contributed by atoms with Gasteiger partial charge in [-0.25, -0.2) is 13.4 Å². The van der Waals surface area contributed by atoms with Crippen molar-refractivity contribution in [1.29, 1.82) is 0 Å². The molecule has 156 valence electrons. The smallest absolute Gasteiger partial charge is 0.251 e. The lowest BCUT2D eigenvalue weighted by Gasteiger charge is -2.27. The average Bonchev–Trinajstić information content (AvgIpc) is 2.77. The number of benzene rings is 1. The number of piperidine rings is 1. The molecule has 2 heterocycles. The van der Waals surface area contributed by atoms with Crippen molar-refractivity contribution in [2.75, 3.05) is 37.5 Å². The van der Waals surface area contributed by atoms with Gasteiger partial charge >= 0.3 is 0 Å². The van der Waals surface area contributed by atoms with E-state index < -0.39 is 9.84 Å². The predicted octanol–water partition coefficient (Wildman–Crippen LogP) is 2.42. The van der Waals surface area contributed by atoms with Crippen molar-refractivity contribution in [3.05, 3.63) is 53.7 Å². The lowest BCUT2D eigenvalue weighted by atomic mass is 10.1. The second kappa shape index (κ2) is 9.84. The number of hydrogen-bond donors (Lipinski definition) is 1. The molecule has 29 heavy (non-hydrogen) atoms. The first kappa shape index (κ1) is 21.3. The summed E-state index contributed by atoms with van der Waals surface area (Å²) in [5.41, 5.74) is 1.33. The Balaban J connectivity index is 1.55. The van der Waals surface area contributed by atoms with Gasteiger partial charge < -0.3 is 15.0 Å². The molecule has 0 unspecified atom stereocenters. The third kappa shape index (κ3) is 5.77. The Morgan fingerprint density at radius 3 is 2.45 bits per heavy atom. The monoisotopic (exact) mass is 417 g/mol. The molecule has 1 saturated heterocycles. The van der Waals surface area contributed by atoms with Crippen molar-refractivity contribution < 1.29 is 17.9 Å². The van der Waals surface area contributed by atoms with Crippen LogP contribution in [0.2, 0.25) is 0 Å². The van der Waals surface area contributed by atoms with Crippen molar-refractivity contribution in [3.63, 3.8) is 0 Å². The predicted molar refractivity (Wildman–Crippen MR) is 112 cm³/mol. The number of sulfone groups is 1. The highest BCUT2D eigenvalue weighted by molar-refractivity contribution is 7.91. The van der Waals surface area contributed by atoms with Crippen LogP contribution in [0.1, 0.15) is 35.2 Å². The van der Waals surface area contributed by atoms with Gasteiger partial charge in [-0.2, -0.15) is 0 Å². The van der Waals surface area contributed by atoms with Crippen LogP contribution in [0.15, 0.2) is 47.5 Å². The van der Waals surface area contributed by atoms with E-state index in [-0.39, 0.29) is 23.2 Å². The van der Waals surface area contributed by atoms with Crippen molar-refractivity contribution in [3.8, 4) is 0 Å². The second-order valence-electron chi connectivity index (χ2n) is 7.09. The molecule has 0 atom stereocenters. The van der Waals surface area contributed by atoms with Gasteiger partial charge in [0, 0.05) is 38.5 Å². The lowest BCUT2D eigenvalue weighted by Crippen LogP contribution is -2.30. The van der Waals surface area contributed by atoms with Crippen LogP contribution in [0, 0.1) is 0 Å². The highest BCUT2D eigenvalue weighted by atomic mass is 32.2. The number of methoxy groups -OCH3 is 1. The number of nitrogens with one attached hydrogen (secondary N) is 1. The summed E-state index contributed by atoms with van der Waals surface area (Å²) in [4.78, 5) is 19.3. The van der Waals surface area contributed by atoms with E-state index in [9.17, 15) is 13.2 Å². The van der Waals surface area contributed by atoms with Gasteiger partial charge in [0.15, 0.2) is 9.84 Å². The van der Waals surface area contributed by atoms with Gasteiger partial charge in [-0.05, 0) is 55.2 Å². The molecule has 1 aliphatic rings. The molecular formula is C21H27N3O4S. The molecule has 1 aromatic heterocycles. The maximum absolute atomic E-state index is 12.4. The van der Waals surface area contributed by atoms with E-state index in [2.05, 4.69) is 15.2 Å². The van der Waals surface area contributed by atoms with Crippen molar-refractivity contribution >= 4 is 21.6 Å². The molecule has 7 nitrogen and oxygen atoms in total. The molecule has 2 aromatic rings. The van der Waals surface area contributed by atoms with Crippen LogP contribution >= 0.6 is 0 Å². The highest BCUT2D eigenvalue weighted by Gasteiger charge is 2.15. The van der Waals surface area contributed by atoms with Gasteiger partial charge in [-0.15, -0.1) is 0 Å². The summed E-state index contributed by atoms with van der Waals surface area (Å²) in [6.45, 7) is 2.58. The molecule has 1 amide bonds. The Kier molecular flexibility index (Phi) is 7.22. The zero-order valence-electron chi connectivity index (χ0n) is 16.6. The average molecular weight is 418 g/mol. The van der Waals surface area contributed by atoms with E-state index in [1.807, 2.05) is 12.1 Å². The van der Waals surface area contributed by atoms with E-state index in [1.54, 1.807) is 6.20 Å². The number of carbonyl (C=O) groups is 1. The maximum atomic E-state index is 12.4. The molecule has 1 aromatic carbocycles. The number of amides is 1. The molecule has 0 radical (unpaired) electrons. The van der Waals surface area contributed by atoms with Crippen molar-refractivity contribution in [1.82, 2.24) is 10.3 Å². The molecule has 1 aliphatic heterocycles. The van der Waals surface area contributed by atoms with E-state index in [0.29, 0.717) is 12.1 Å². The zero-order chi connectivity index (χ0) is 20.7. The molecule has 8 heteroatoms. The van der Waals surface area contributed by atoms with Gasteiger partial charge in [0.2, 0.25) is 0 Å².